The molecule has 0 saturated heterocycles. The summed E-state index contributed by atoms with van der Waals surface area (Å²) in [4.78, 5) is 21.3. The van der Waals surface area contributed by atoms with Gasteiger partial charge in [-0.05, 0) is 0 Å². The van der Waals surface area contributed by atoms with Crippen LogP contribution in [-0.2, 0) is 14.8 Å². The predicted octanol–water partition coefficient (Wildman–Crippen LogP) is -2.33. The van der Waals surface area contributed by atoms with Gasteiger partial charge in [0.15, 0.2) is 6.10 Å². The van der Waals surface area contributed by atoms with Gasteiger partial charge in [-0.3, -0.25) is 0 Å². The number of hydrogen-bond acceptors (Lipinski definition) is 5. The molecule has 10 heteroatoms. The minimum Gasteiger partial charge on any atom is -0.479 e. The third-order valence-corrected chi connectivity index (χ3v) is 2.49. The van der Waals surface area contributed by atoms with Gasteiger partial charge in [0, 0.05) is 26.1 Å². The second kappa shape index (κ2) is 7.84. The smallest absolute Gasteiger partial charge is 0.332 e. The molecule has 0 rings (SSSR count). The molecule has 2 amide bonds. The Morgan fingerprint density at radius 3 is 2.22 bits per heavy atom. The molecule has 0 aromatic heterocycles. The molecule has 5 N–H and O–H groups in total. The van der Waals surface area contributed by atoms with Gasteiger partial charge in [-0.1, -0.05) is 0 Å². The Hall–Kier alpha value is -1.39. The van der Waals surface area contributed by atoms with Crippen LogP contribution in [0.1, 0.15) is 6.42 Å². The number of nitrogens with one attached hydrogen (secondary N) is 3. The first-order valence-electron chi connectivity index (χ1n) is 5.09. The van der Waals surface area contributed by atoms with Crippen molar-refractivity contribution in [1.82, 2.24) is 15.4 Å². The number of carboxylic acids is 1. The lowest BCUT2D eigenvalue weighted by Crippen LogP contribution is -2.41. The lowest BCUT2D eigenvalue weighted by atomic mass is 10.2. The van der Waals surface area contributed by atoms with Gasteiger partial charge < -0.3 is 20.8 Å². The van der Waals surface area contributed by atoms with E-state index in [1.807, 2.05) is 0 Å². The third-order valence-electron chi connectivity index (χ3n) is 1.76. The number of sulfonamides is 1. The van der Waals surface area contributed by atoms with Crippen molar-refractivity contribution < 1.29 is 28.2 Å². The van der Waals surface area contributed by atoms with Crippen LogP contribution in [-0.4, -0.2) is 62.6 Å². The maximum Gasteiger partial charge on any atom is 0.332 e. The van der Waals surface area contributed by atoms with E-state index in [4.69, 9.17) is 10.2 Å². The van der Waals surface area contributed by atoms with Crippen LogP contribution in [0.5, 0.6) is 0 Å². The van der Waals surface area contributed by atoms with Gasteiger partial charge in [-0.25, -0.2) is 22.7 Å². The van der Waals surface area contributed by atoms with E-state index in [9.17, 15) is 18.0 Å². The Bertz CT molecular complexity index is 382. The molecular formula is C8H17N3O6S. The quantitative estimate of drug-likeness (QED) is 0.316. The molecule has 0 spiro atoms. The molecule has 0 bridgehead atoms. The van der Waals surface area contributed by atoms with Gasteiger partial charge in [-0.2, -0.15) is 0 Å². The summed E-state index contributed by atoms with van der Waals surface area (Å²) in [6, 6.07) is -0.567. The normalized spacial score (nSPS) is 12.8. The van der Waals surface area contributed by atoms with Gasteiger partial charge in [-0.15, -0.1) is 0 Å². The fourth-order valence-corrected chi connectivity index (χ4v) is 1.39. The van der Waals surface area contributed by atoms with Crippen molar-refractivity contribution in [2.45, 2.75) is 12.5 Å². The number of carboxylic acid groups (broad SMARTS) is 1. The molecule has 0 aromatic rings. The predicted molar refractivity (Wildman–Crippen MR) is 62.5 cm³/mol. The summed E-state index contributed by atoms with van der Waals surface area (Å²) in [6.45, 7) is 0.156. The Morgan fingerprint density at radius 2 is 1.72 bits per heavy atom. The largest absolute Gasteiger partial charge is 0.479 e. The average molecular weight is 283 g/mol. The fourth-order valence-electron chi connectivity index (χ4n) is 0.921. The second-order valence-corrected chi connectivity index (χ2v) is 5.32. The molecule has 9 nitrogen and oxygen atoms in total. The number of carbonyl (C=O) groups is 2. The number of aliphatic carboxylic acids is 1. The van der Waals surface area contributed by atoms with E-state index >= 15 is 0 Å². The first-order chi connectivity index (χ1) is 8.22. The maximum atomic E-state index is 11.1. The Labute approximate surface area is 105 Å². The monoisotopic (exact) mass is 283 g/mol. The van der Waals surface area contributed by atoms with Crippen LogP contribution in [0.2, 0.25) is 0 Å². The van der Waals surface area contributed by atoms with E-state index in [0.717, 1.165) is 6.26 Å². The zero-order valence-electron chi connectivity index (χ0n) is 9.84. The molecule has 0 radical (unpaired) electrons. The second-order valence-electron chi connectivity index (χ2n) is 3.49. The van der Waals surface area contributed by atoms with Gasteiger partial charge >= 0.3 is 12.0 Å². The summed E-state index contributed by atoms with van der Waals surface area (Å²) in [5.74, 6) is -1.35. The number of aliphatic hydroxyl groups excluding tert-OH is 1. The lowest BCUT2D eigenvalue weighted by molar-refractivity contribution is -0.146. The number of urea groups is 1. The van der Waals surface area contributed by atoms with Crippen LogP contribution in [0.4, 0.5) is 4.79 Å². The summed E-state index contributed by atoms with van der Waals surface area (Å²) in [7, 11) is -3.28. The van der Waals surface area contributed by atoms with E-state index in [1.54, 1.807) is 0 Å². The molecule has 106 valence electrons. The van der Waals surface area contributed by atoms with E-state index in [0.29, 0.717) is 0 Å². The summed E-state index contributed by atoms with van der Waals surface area (Å²) in [5, 5.41) is 21.9. The van der Waals surface area contributed by atoms with Crippen molar-refractivity contribution in [3.8, 4) is 0 Å². The lowest BCUT2D eigenvalue weighted by Gasteiger charge is -2.09. The Morgan fingerprint density at radius 1 is 1.17 bits per heavy atom. The zero-order chi connectivity index (χ0) is 14.2. The van der Waals surface area contributed by atoms with Crippen molar-refractivity contribution in [3.63, 3.8) is 0 Å². The van der Waals surface area contributed by atoms with Crippen LogP contribution in [0.15, 0.2) is 0 Å². The van der Waals surface area contributed by atoms with Crippen molar-refractivity contribution in [2.24, 2.45) is 0 Å². The molecule has 0 fully saturated rings. The van der Waals surface area contributed by atoms with E-state index in [1.165, 1.54) is 0 Å². The summed E-state index contributed by atoms with van der Waals surface area (Å²) < 4.78 is 23.5. The number of aliphatic hydroxyl groups is 1. The van der Waals surface area contributed by atoms with Crippen LogP contribution < -0.4 is 15.4 Å². The van der Waals surface area contributed by atoms with Crippen LogP contribution >= 0.6 is 0 Å². The van der Waals surface area contributed by atoms with Crippen molar-refractivity contribution in [1.29, 1.82) is 0 Å². The SMILES string of the molecule is CS(=O)(=O)NCCNC(=O)NCC[C@H](O)C(=O)O. The summed E-state index contributed by atoms with van der Waals surface area (Å²) >= 11 is 0. The number of rotatable bonds is 8. The highest BCUT2D eigenvalue weighted by molar-refractivity contribution is 7.88. The van der Waals surface area contributed by atoms with Crippen LogP contribution in [0.3, 0.4) is 0 Å². The zero-order valence-corrected chi connectivity index (χ0v) is 10.7. The van der Waals surface area contributed by atoms with Gasteiger partial charge in [0.05, 0.1) is 6.26 Å². The van der Waals surface area contributed by atoms with E-state index in [-0.39, 0.29) is 26.1 Å². The highest BCUT2D eigenvalue weighted by atomic mass is 32.2. The van der Waals surface area contributed by atoms with Crippen LogP contribution in [0.25, 0.3) is 0 Å². The minimum atomic E-state index is -3.28. The molecule has 0 aliphatic heterocycles. The molecule has 0 unspecified atom stereocenters. The molecule has 0 aliphatic rings. The third kappa shape index (κ3) is 9.81. The van der Waals surface area contributed by atoms with Crippen LogP contribution in [0, 0.1) is 0 Å². The Balaban J connectivity index is 3.58. The molecule has 18 heavy (non-hydrogen) atoms. The number of carbonyl (C=O) groups excluding carboxylic acids is 1. The molecule has 0 heterocycles. The number of amides is 2. The first kappa shape index (κ1) is 16.6. The van der Waals surface area contributed by atoms with Crippen molar-refractivity contribution in [3.05, 3.63) is 0 Å². The molecule has 0 aliphatic carbocycles. The van der Waals surface area contributed by atoms with Gasteiger partial charge in [0.25, 0.3) is 0 Å². The van der Waals surface area contributed by atoms with Crippen molar-refractivity contribution >= 4 is 22.0 Å². The topological polar surface area (TPSA) is 145 Å². The van der Waals surface area contributed by atoms with Gasteiger partial charge in [0.2, 0.25) is 10.0 Å². The minimum absolute atomic E-state index is 0.00119. The van der Waals surface area contributed by atoms with Gasteiger partial charge in [0.1, 0.15) is 0 Å². The van der Waals surface area contributed by atoms with E-state index in [2.05, 4.69) is 15.4 Å². The number of hydrogen-bond donors (Lipinski definition) is 5. The highest BCUT2D eigenvalue weighted by Crippen LogP contribution is 1.88. The van der Waals surface area contributed by atoms with Crippen molar-refractivity contribution in [2.75, 3.05) is 25.9 Å². The highest BCUT2D eigenvalue weighted by Gasteiger charge is 2.12. The molecular weight excluding hydrogens is 266 g/mol. The van der Waals surface area contributed by atoms with E-state index < -0.39 is 28.1 Å². The maximum absolute atomic E-state index is 11.1. The first-order valence-corrected chi connectivity index (χ1v) is 6.98. The molecule has 0 aromatic carbocycles. The molecule has 1 atom stereocenters. The molecule has 0 saturated carbocycles. The summed E-state index contributed by atoms with van der Waals surface area (Å²) in [5.41, 5.74) is 0. The standard InChI is InChI=1S/C8H17N3O6S/c1-18(16,17)11-5-4-10-8(15)9-3-2-6(12)7(13)14/h6,11-12H,2-5H2,1H3,(H,13,14)(H2,9,10,15)/t6-/m0/s1. The fraction of sp³-hybridized carbons (Fsp3) is 0.750. The summed E-state index contributed by atoms with van der Waals surface area (Å²) in [6.07, 6.45) is -0.623. The average Bonchev–Trinajstić information content (AvgIpc) is 2.22. The Kier molecular flexibility index (Phi) is 7.24.